The molecule has 0 amide bonds. The lowest BCUT2D eigenvalue weighted by Gasteiger charge is -2.11. The van der Waals surface area contributed by atoms with Crippen LogP contribution in [-0.2, 0) is 6.54 Å². The molecular formula is C19H24N2. The normalized spacial score (nSPS) is 12.8. The molecule has 1 heterocycles. The van der Waals surface area contributed by atoms with E-state index in [0.717, 1.165) is 18.0 Å². The fourth-order valence-electron chi connectivity index (χ4n) is 2.53. The highest BCUT2D eigenvalue weighted by Gasteiger charge is 2.07. The molecule has 2 rings (SSSR count). The molecule has 0 fully saturated rings. The molecule has 1 aromatic heterocycles. The number of hydrogen-bond acceptors (Lipinski definition) is 1. The fourth-order valence-corrected chi connectivity index (χ4v) is 2.53. The summed E-state index contributed by atoms with van der Waals surface area (Å²) >= 11 is 0. The van der Waals surface area contributed by atoms with E-state index in [0.29, 0.717) is 0 Å². The van der Waals surface area contributed by atoms with Gasteiger partial charge in [0.1, 0.15) is 0 Å². The van der Waals surface area contributed by atoms with E-state index in [1.807, 2.05) is 18.2 Å². The SMILES string of the molecule is C/C=C(Cn1c(C)cc(C)c1C)\N=C(/C)c1ccccc1. The molecule has 0 unspecified atom stereocenters. The van der Waals surface area contributed by atoms with Crippen LogP contribution >= 0.6 is 0 Å². The molecule has 0 spiro atoms. The Morgan fingerprint density at radius 2 is 1.81 bits per heavy atom. The third kappa shape index (κ3) is 3.52. The lowest BCUT2D eigenvalue weighted by atomic mass is 10.1. The van der Waals surface area contributed by atoms with E-state index < -0.39 is 0 Å². The van der Waals surface area contributed by atoms with Gasteiger partial charge in [-0.05, 0) is 51.8 Å². The van der Waals surface area contributed by atoms with Gasteiger partial charge in [0.25, 0.3) is 0 Å². The van der Waals surface area contributed by atoms with E-state index in [2.05, 4.69) is 63.5 Å². The van der Waals surface area contributed by atoms with E-state index >= 15 is 0 Å². The van der Waals surface area contributed by atoms with Crippen molar-refractivity contribution in [2.75, 3.05) is 0 Å². The number of aryl methyl sites for hydroxylation is 2. The van der Waals surface area contributed by atoms with Crippen LogP contribution in [0.15, 0.2) is 53.2 Å². The molecule has 2 heteroatoms. The van der Waals surface area contributed by atoms with Crippen molar-refractivity contribution >= 4 is 5.71 Å². The molecule has 0 atom stereocenters. The number of nitrogens with zero attached hydrogens (tertiary/aromatic N) is 2. The maximum atomic E-state index is 4.81. The first-order valence-corrected chi connectivity index (χ1v) is 7.42. The van der Waals surface area contributed by atoms with Crippen molar-refractivity contribution in [2.24, 2.45) is 4.99 Å². The first-order valence-electron chi connectivity index (χ1n) is 7.42. The van der Waals surface area contributed by atoms with Crippen LogP contribution < -0.4 is 0 Å². The molecule has 1 aromatic carbocycles. The molecule has 21 heavy (non-hydrogen) atoms. The van der Waals surface area contributed by atoms with Gasteiger partial charge in [0.05, 0.1) is 12.2 Å². The number of hydrogen-bond donors (Lipinski definition) is 0. The summed E-state index contributed by atoms with van der Waals surface area (Å²) in [6.45, 7) is 11.4. The van der Waals surface area contributed by atoms with Crippen molar-refractivity contribution in [3.63, 3.8) is 0 Å². The topological polar surface area (TPSA) is 17.3 Å². The zero-order valence-electron chi connectivity index (χ0n) is 13.6. The molecular weight excluding hydrogens is 256 g/mol. The van der Waals surface area contributed by atoms with Gasteiger partial charge in [-0.1, -0.05) is 36.4 Å². The third-order valence-corrected chi connectivity index (χ3v) is 3.98. The van der Waals surface area contributed by atoms with Crippen molar-refractivity contribution in [3.05, 3.63) is 70.7 Å². The second kappa shape index (κ2) is 6.57. The lowest BCUT2D eigenvalue weighted by molar-refractivity contribution is 0.728. The zero-order chi connectivity index (χ0) is 15.4. The van der Waals surface area contributed by atoms with Gasteiger partial charge < -0.3 is 4.57 Å². The van der Waals surface area contributed by atoms with Crippen molar-refractivity contribution in [1.82, 2.24) is 4.57 Å². The number of allylic oxidation sites excluding steroid dienone is 2. The van der Waals surface area contributed by atoms with Gasteiger partial charge in [0, 0.05) is 17.1 Å². The summed E-state index contributed by atoms with van der Waals surface area (Å²) in [5.41, 5.74) is 7.28. The first-order chi connectivity index (χ1) is 10.0. The summed E-state index contributed by atoms with van der Waals surface area (Å²) in [6, 6.07) is 12.6. The third-order valence-electron chi connectivity index (χ3n) is 3.98. The Kier molecular flexibility index (Phi) is 4.79. The largest absolute Gasteiger partial charge is 0.343 e. The second-order valence-corrected chi connectivity index (χ2v) is 5.48. The summed E-state index contributed by atoms with van der Waals surface area (Å²) in [7, 11) is 0. The van der Waals surface area contributed by atoms with Gasteiger partial charge in [0.2, 0.25) is 0 Å². The van der Waals surface area contributed by atoms with E-state index in [-0.39, 0.29) is 0 Å². The lowest BCUT2D eigenvalue weighted by Crippen LogP contribution is -2.06. The minimum atomic E-state index is 0.826. The van der Waals surface area contributed by atoms with Crippen LogP contribution in [0.2, 0.25) is 0 Å². The number of benzene rings is 1. The molecule has 0 radical (unpaired) electrons. The Balaban J connectivity index is 2.26. The van der Waals surface area contributed by atoms with Gasteiger partial charge >= 0.3 is 0 Å². The average molecular weight is 280 g/mol. The Bertz CT molecular complexity index is 673. The summed E-state index contributed by atoms with van der Waals surface area (Å²) in [5, 5.41) is 0. The Morgan fingerprint density at radius 3 is 2.33 bits per heavy atom. The maximum absolute atomic E-state index is 4.81. The van der Waals surface area contributed by atoms with Crippen molar-refractivity contribution < 1.29 is 0 Å². The molecule has 2 aromatic rings. The number of aromatic nitrogens is 1. The standard InChI is InChI=1S/C19H24N2/c1-6-19(13-21-15(3)12-14(2)17(21)5)20-16(4)18-10-8-7-9-11-18/h6-12H,13H2,1-5H3/b19-6-,20-16+. The second-order valence-electron chi connectivity index (χ2n) is 5.48. The van der Waals surface area contributed by atoms with Crippen LogP contribution in [0, 0.1) is 20.8 Å². The summed E-state index contributed by atoms with van der Waals surface area (Å²) in [6.07, 6.45) is 2.10. The van der Waals surface area contributed by atoms with Gasteiger partial charge in [-0.3, -0.25) is 4.99 Å². The first kappa shape index (κ1) is 15.3. The predicted octanol–water partition coefficient (Wildman–Crippen LogP) is 4.83. The van der Waals surface area contributed by atoms with Gasteiger partial charge in [-0.2, -0.15) is 0 Å². The molecule has 0 aliphatic carbocycles. The predicted molar refractivity (Wildman–Crippen MR) is 91.1 cm³/mol. The van der Waals surface area contributed by atoms with Crippen molar-refractivity contribution in [1.29, 1.82) is 0 Å². The van der Waals surface area contributed by atoms with E-state index in [1.54, 1.807) is 0 Å². The molecule has 0 saturated carbocycles. The summed E-state index contributed by atoms with van der Waals surface area (Å²) in [4.78, 5) is 4.81. The fraction of sp³-hybridized carbons (Fsp3) is 0.316. The highest BCUT2D eigenvalue weighted by Crippen LogP contribution is 2.17. The quantitative estimate of drug-likeness (QED) is 0.714. The van der Waals surface area contributed by atoms with Gasteiger partial charge in [-0.15, -0.1) is 0 Å². The van der Waals surface area contributed by atoms with E-state index in [9.17, 15) is 0 Å². The van der Waals surface area contributed by atoms with Gasteiger partial charge in [-0.25, -0.2) is 0 Å². The van der Waals surface area contributed by atoms with Crippen LogP contribution in [0.25, 0.3) is 0 Å². The molecule has 0 saturated heterocycles. The Labute approximate surface area is 127 Å². The van der Waals surface area contributed by atoms with Crippen LogP contribution in [-0.4, -0.2) is 10.3 Å². The highest BCUT2D eigenvalue weighted by molar-refractivity contribution is 5.99. The molecule has 0 aliphatic rings. The molecule has 110 valence electrons. The van der Waals surface area contributed by atoms with Crippen molar-refractivity contribution in [2.45, 2.75) is 41.2 Å². The monoisotopic (exact) mass is 280 g/mol. The minimum absolute atomic E-state index is 0.826. The maximum Gasteiger partial charge on any atom is 0.0644 e. The van der Waals surface area contributed by atoms with E-state index in [4.69, 9.17) is 4.99 Å². The zero-order valence-corrected chi connectivity index (χ0v) is 13.6. The Morgan fingerprint density at radius 1 is 1.14 bits per heavy atom. The molecule has 0 aliphatic heterocycles. The van der Waals surface area contributed by atoms with Crippen LogP contribution in [0.4, 0.5) is 0 Å². The van der Waals surface area contributed by atoms with Crippen LogP contribution in [0.5, 0.6) is 0 Å². The smallest absolute Gasteiger partial charge is 0.0644 e. The number of rotatable bonds is 4. The molecule has 0 bridgehead atoms. The van der Waals surface area contributed by atoms with Crippen molar-refractivity contribution in [3.8, 4) is 0 Å². The number of aliphatic imine (C=N–C) groups is 1. The van der Waals surface area contributed by atoms with E-state index in [1.165, 1.54) is 22.5 Å². The molecule has 2 nitrogen and oxygen atoms in total. The van der Waals surface area contributed by atoms with Crippen LogP contribution in [0.3, 0.4) is 0 Å². The minimum Gasteiger partial charge on any atom is -0.343 e. The highest BCUT2D eigenvalue weighted by atomic mass is 15.0. The van der Waals surface area contributed by atoms with Crippen LogP contribution in [0.1, 0.15) is 36.4 Å². The molecule has 0 N–H and O–H groups in total. The Hall–Kier alpha value is -2.09. The average Bonchev–Trinajstić information content (AvgIpc) is 2.73. The summed E-state index contributed by atoms with van der Waals surface area (Å²) < 4.78 is 2.33. The van der Waals surface area contributed by atoms with Gasteiger partial charge in [0.15, 0.2) is 0 Å². The summed E-state index contributed by atoms with van der Waals surface area (Å²) in [5.74, 6) is 0.